The van der Waals surface area contributed by atoms with Gasteiger partial charge in [0.1, 0.15) is 17.2 Å². The number of nitrogens with one attached hydrogen (secondary N) is 1. The molecular weight excluding hydrogens is 276 g/mol. The first-order valence-electron chi connectivity index (χ1n) is 5.83. The van der Waals surface area contributed by atoms with Crippen molar-refractivity contribution >= 4 is 17.5 Å². The number of benzene rings is 1. The van der Waals surface area contributed by atoms with Crippen LogP contribution in [-0.2, 0) is 4.74 Å². The minimum Gasteiger partial charge on any atom is -0.383 e. The van der Waals surface area contributed by atoms with Gasteiger partial charge in [0.05, 0.1) is 12.0 Å². The Morgan fingerprint density at radius 1 is 1.47 bits per heavy atom. The summed E-state index contributed by atoms with van der Waals surface area (Å²) >= 11 is 5.87. The van der Waals surface area contributed by atoms with Crippen LogP contribution in [-0.4, -0.2) is 31.5 Å². The van der Waals surface area contributed by atoms with Crippen molar-refractivity contribution in [2.45, 2.75) is 18.7 Å². The summed E-state index contributed by atoms with van der Waals surface area (Å²) < 4.78 is 31.9. The van der Waals surface area contributed by atoms with E-state index in [0.29, 0.717) is 13.0 Å². The lowest BCUT2D eigenvalue weighted by atomic mass is 10.1. The number of alkyl halides is 1. The maximum absolute atomic E-state index is 13.7. The summed E-state index contributed by atoms with van der Waals surface area (Å²) in [6.07, 6.45) is 0.455. The Hall–Kier alpha value is -1.20. The zero-order valence-corrected chi connectivity index (χ0v) is 11.6. The molecule has 1 rings (SSSR count). The smallest absolute Gasteiger partial charge is 0.257 e. The molecule has 19 heavy (non-hydrogen) atoms. The fourth-order valence-electron chi connectivity index (χ4n) is 1.56. The first-order chi connectivity index (χ1) is 8.97. The van der Waals surface area contributed by atoms with Gasteiger partial charge in [0.15, 0.2) is 0 Å². The lowest BCUT2D eigenvalue weighted by Crippen LogP contribution is -2.28. The standard InChI is InChI=1S/C13H16ClF2NO2/c1-8-3-4-10(15)11(12(8)16)13(18)17-6-5-9(14)7-19-2/h3-4,9H,5-7H2,1-2H3,(H,17,18). The third-order valence-corrected chi connectivity index (χ3v) is 2.95. The quantitative estimate of drug-likeness (QED) is 0.818. The number of carbonyl (C=O) groups excluding carboxylic acids is 1. The van der Waals surface area contributed by atoms with E-state index in [2.05, 4.69) is 5.32 Å². The highest BCUT2D eigenvalue weighted by Gasteiger charge is 2.18. The molecule has 0 fully saturated rings. The van der Waals surface area contributed by atoms with Crippen LogP contribution in [0.3, 0.4) is 0 Å². The van der Waals surface area contributed by atoms with Gasteiger partial charge < -0.3 is 10.1 Å². The van der Waals surface area contributed by atoms with E-state index in [-0.39, 0.29) is 17.5 Å². The molecule has 0 aliphatic rings. The fraction of sp³-hybridized carbons (Fsp3) is 0.462. The monoisotopic (exact) mass is 291 g/mol. The lowest BCUT2D eigenvalue weighted by molar-refractivity contribution is 0.0943. The van der Waals surface area contributed by atoms with Crippen LogP contribution in [0.15, 0.2) is 12.1 Å². The second kappa shape index (κ2) is 7.40. The minimum absolute atomic E-state index is 0.223. The van der Waals surface area contributed by atoms with Gasteiger partial charge in [-0.2, -0.15) is 0 Å². The van der Waals surface area contributed by atoms with Crippen LogP contribution >= 0.6 is 11.6 Å². The maximum atomic E-state index is 13.7. The molecule has 106 valence electrons. The molecule has 0 aliphatic carbocycles. The van der Waals surface area contributed by atoms with Crippen molar-refractivity contribution in [2.75, 3.05) is 20.3 Å². The number of amides is 1. The number of methoxy groups -OCH3 is 1. The number of ether oxygens (including phenoxy) is 1. The van der Waals surface area contributed by atoms with Gasteiger partial charge >= 0.3 is 0 Å². The van der Waals surface area contributed by atoms with Gasteiger partial charge in [0, 0.05) is 13.7 Å². The minimum atomic E-state index is -0.875. The number of hydrogen-bond donors (Lipinski definition) is 1. The molecule has 6 heteroatoms. The zero-order valence-electron chi connectivity index (χ0n) is 10.8. The zero-order chi connectivity index (χ0) is 14.4. The van der Waals surface area contributed by atoms with Gasteiger partial charge in [-0.3, -0.25) is 4.79 Å². The van der Waals surface area contributed by atoms with Crippen LogP contribution in [0.2, 0.25) is 0 Å². The van der Waals surface area contributed by atoms with Crippen molar-refractivity contribution in [3.8, 4) is 0 Å². The van der Waals surface area contributed by atoms with E-state index < -0.39 is 23.1 Å². The number of hydrogen-bond acceptors (Lipinski definition) is 2. The second-order valence-corrected chi connectivity index (χ2v) is 4.77. The molecule has 1 amide bonds. The Labute approximate surface area is 115 Å². The molecule has 0 radical (unpaired) electrons. The Morgan fingerprint density at radius 3 is 2.79 bits per heavy atom. The molecule has 1 aromatic carbocycles. The van der Waals surface area contributed by atoms with Gasteiger partial charge in [-0.15, -0.1) is 11.6 Å². The molecule has 0 aliphatic heterocycles. The molecule has 1 atom stereocenters. The topological polar surface area (TPSA) is 38.3 Å². The molecule has 1 aromatic rings. The third-order valence-electron chi connectivity index (χ3n) is 2.60. The second-order valence-electron chi connectivity index (χ2n) is 4.15. The molecule has 1 unspecified atom stereocenters. The number of carbonyl (C=O) groups is 1. The van der Waals surface area contributed by atoms with Crippen LogP contribution in [0.5, 0.6) is 0 Å². The highest BCUT2D eigenvalue weighted by molar-refractivity contribution is 6.20. The lowest BCUT2D eigenvalue weighted by Gasteiger charge is -2.10. The average molecular weight is 292 g/mol. The molecular formula is C13H16ClF2NO2. The van der Waals surface area contributed by atoms with Crippen LogP contribution in [0.25, 0.3) is 0 Å². The van der Waals surface area contributed by atoms with Crippen molar-refractivity contribution in [2.24, 2.45) is 0 Å². The molecule has 0 saturated heterocycles. The summed E-state index contributed by atoms with van der Waals surface area (Å²) in [6.45, 7) is 2.05. The van der Waals surface area contributed by atoms with Gasteiger partial charge in [0.25, 0.3) is 5.91 Å². The Kier molecular flexibility index (Phi) is 6.18. The van der Waals surface area contributed by atoms with Crippen LogP contribution in [0.4, 0.5) is 8.78 Å². The van der Waals surface area contributed by atoms with E-state index in [1.807, 2.05) is 0 Å². The van der Waals surface area contributed by atoms with E-state index in [1.54, 1.807) is 0 Å². The van der Waals surface area contributed by atoms with Crippen molar-refractivity contribution in [3.05, 3.63) is 34.9 Å². The van der Waals surface area contributed by atoms with Gasteiger partial charge in [0.2, 0.25) is 0 Å². The summed E-state index contributed by atoms with van der Waals surface area (Å²) in [7, 11) is 1.52. The number of aryl methyl sites for hydroxylation is 1. The molecule has 0 saturated carbocycles. The summed E-state index contributed by atoms with van der Waals surface area (Å²) in [6, 6.07) is 2.36. The summed E-state index contributed by atoms with van der Waals surface area (Å²) in [5, 5.41) is 2.19. The van der Waals surface area contributed by atoms with Crippen molar-refractivity contribution in [3.63, 3.8) is 0 Å². The Morgan fingerprint density at radius 2 is 2.16 bits per heavy atom. The van der Waals surface area contributed by atoms with E-state index in [9.17, 15) is 13.6 Å². The van der Waals surface area contributed by atoms with Crippen molar-refractivity contribution in [1.29, 1.82) is 0 Å². The summed E-state index contributed by atoms with van der Waals surface area (Å²) in [4.78, 5) is 11.7. The normalized spacial score (nSPS) is 12.3. The molecule has 0 heterocycles. The van der Waals surface area contributed by atoms with Crippen LogP contribution in [0.1, 0.15) is 22.3 Å². The molecule has 0 spiro atoms. The van der Waals surface area contributed by atoms with Gasteiger partial charge in [-0.1, -0.05) is 6.07 Å². The van der Waals surface area contributed by atoms with Gasteiger partial charge in [-0.05, 0) is 25.0 Å². The first-order valence-corrected chi connectivity index (χ1v) is 6.26. The Balaban J connectivity index is 2.62. The third kappa shape index (κ3) is 4.44. The Bertz CT molecular complexity index is 455. The summed E-state index contributed by atoms with van der Waals surface area (Å²) in [5.74, 6) is -2.49. The van der Waals surface area contributed by atoms with Crippen LogP contribution < -0.4 is 5.32 Å². The number of halogens is 3. The summed E-state index contributed by atoms with van der Waals surface area (Å²) in [5.41, 5.74) is -0.334. The van der Waals surface area contributed by atoms with E-state index in [4.69, 9.17) is 16.3 Å². The molecule has 1 N–H and O–H groups in total. The SMILES string of the molecule is COCC(Cl)CCNC(=O)c1c(F)ccc(C)c1F. The maximum Gasteiger partial charge on any atom is 0.257 e. The predicted molar refractivity (Wildman–Crippen MR) is 69.6 cm³/mol. The fourth-order valence-corrected chi connectivity index (χ4v) is 1.79. The molecule has 0 aromatic heterocycles. The molecule has 3 nitrogen and oxygen atoms in total. The van der Waals surface area contributed by atoms with E-state index in [1.165, 1.54) is 20.1 Å². The largest absolute Gasteiger partial charge is 0.383 e. The highest BCUT2D eigenvalue weighted by atomic mass is 35.5. The first kappa shape index (κ1) is 15.9. The van der Waals surface area contributed by atoms with E-state index >= 15 is 0 Å². The van der Waals surface area contributed by atoms with E-state index in [0.717, 1.165) is 6.07 Å². The average Bonchev–Trinajstić information content (AvgIpc) is 2.35. The number of rotatable bonds is 6. The predicted octanol–water partition coefficient (Wildman–Crippen LogP) is 2.65. The van der Waals surface area contributed by atoms with Crippen molar-refractivity contribution < 1.29 is 18.3 Å². The van der Waals surface area contributed by atoms with Crippen molar-refractivity contribution in [1.82, 2.24) is 5.32 Å². The molecule has 0 bridgehead atoms. The van der Waals surface area contributed by atoms with Gasteiger partial charge in [-0.25, -0.2) is 8.78 Å². The highest BCUT2D eigenvalue weighted by Crippen LogP contribution is 2.16. The van der Waals surface area contributed by atoms with Crippen LogP contribution in [0, 0.1) is 18.6 Å².